The molecule has 0 radical (unpaired) electrons. The first kappa shape index (κ1) is 13.4. The van der Waals surface area contributed by atoms with Gasteiger partial charge in [0, 0.05) is 0 Å². The SMILES string of the molecule is C[C@]12CC[C@@H](O)CC1CCC1C2CC[C@]2(C)C=CCC12. The second kappa shape index (κ2) is 4.35. The molecule has 1 nitrogen and oxygen atoms in total. The van der Waals surface area contributed by atoms with E-state index in [0.29, 0.717) is 10.8 Å². The van der Waals surface area contributed by atoms with E-state index >= 15 is 0 Å². The van der Waals surface area contributed by atoms with Crippen LogP contribution in [0.5, 0.6) is 0 Å². The predicted octanol–water partition coefficient (Wildman–Crippen LogP) is 4.56. The van der Waals surface area contributed by atoms with Crippen LogP contribution in [-0.4, -0.2) is 11.2 Å². The third-order valence-corrected chi connectivity index (χ3v) is 7.96. The molecule has 0 amide bonds. The van der Waals surface area contributed by atoms with Gasteiger partial charge in [-0.25, -0.2) is 0 Å². The van der Waals surface area contributed by atoms with Crippen molar-refractivity contribution in [2.24, 2.45) is 34.5 Å². The summed E-state index contributed by atoms with van der Waals surface area (Å²) in [5.41, 5.74) is 1.05. The fraction of sp³-hybridized carbons (Fsp3) is 0.895. The van der Waals surface area contributed by atoms with Crippen LogP contribution in [0.2, 0.25) is 0 Å². The first-order valence-electron chi connectivity index (χ1n) is 8.89. The van der Waals surface area contributed by atoms with Crippen molar-refractivity contribution in [3.05, 3.63) is 12.2 Å². The summed E-state index contributed by atoms with van der Waals surface area (Å²) in [5.74, 6) is 3.61. The quantitative estimate of drug-likeness (QED) is 0.642. The highest BCUT2D eigenvalue weighted by Gasteiger charge is 2.56. The third-order valence-electron chi connectivity index (χ3n) is 7.96. The molecule has 3 saturated carbocycles. The third kappa shape index (κ3) is 1.71. The van der Waals surface area contributed by atoms with Gasteiger partial charge in [0.25, 0.3) is 0 Å². The highest BCUT2D eigenvalue weighted by molar-refractivity contribution is 5.16. The van der Waals surface area contributed by atoms with Crippen LogP contribution in [0.15, 0.2) is 12.2 Å². The molecule has 0 saturated heterocycles. The first-order chi connectivity index (χ1) is 9.53. The van der Waals surface area contributed by atoms with Crippen LogP contribution in [-0.2, 0) is 0 Å². The Balaban J connectivity index is 1.63. The maximum absolute atomic E-state index is 10.0. The van der Waals surface area contributed by atoms with Crippen LogP contribution in [0.4, 0.5) is 0 Å². The van der Waals surface area contributed by atoms with Gasteiger partial charge in [0.15, 0.2) is 0 Å². The van der Waals surface area contributed by atoms with E-state index in [1.165, 1.54) is 38.5 Å². The van der Waals surface area contributed by atoms with Gasteiger partial charge in [-0.3, -0.25) is 0 Å². The molecule has 20 heavy (non-hydrogen) atoms. The largest absolute Gasteiger partial charge is 0.393 e. The fourth-order valence-corrected chi connectivity index (χ4v) is 6.72. The van der Waals surface area contributed by atoms with Crippen LogP contribution in [0.1, 0.15) is 65.2 Å². The highest BCUT2D eigenvalue weighted by Crippen LogP contribution is 2.64. The van der Waals surface area contributed by atoms with E-state index in [1.807, 2.05) is 0 Å². The van der Waals surface area contributed by atoms with Gasteiger partial charge in [0.05, 0.1) is 6.10 Å². The van der Waals surface area contributed by atoms with Crippen LogP contribution < -0.4 is 0 Å². The molecule has 0 aliphatic heterocycles. The Kier molecular flexibility index (Phi) is 2.91. The maximum atomic E-state index is 10.0. The number of allylic oxidation sites excluding steroid dienone is 2. The summed E-state index contributed by atoms with van der Waals surface area (Å²) >= 11 is 0. The fourth-order valence-electron chi connectivity index (χ4n) is 6.72. The summed E-state index contributed by atoms with van der Waals surface area (Å²) in [6.07, 6.45) is 15.4. The maximum Gasteiger partial charge on any atom is 0.0543 e. The molecule has 0 spiro atoms. The molecule has 0 aromatic carbocycles. The lowest BCUT2D eigenvalue weighted by atomic mass is 9.45. The molecule has 4 rings (SSSR count). The van der Waals surface area contributed by atoms with Crippen LogP contribution in [0, 0.1) is 34.5 Å². The Hall–Kier alpha value is -0.300. The van der Waals surface area contributed by atoms with E-state index in [-0.39, 0.29) is 6.10 Å². The van der Waals surface area contributed by atoms with E-state index < -0.39 is 0 Å². The Morgan fingerprint density at radius 2 is 1.85 bits per heavy atom. The molecule has 1 heteroatoms. The summed E-state index contributed by atoms with van der Waals surface area (Å²) in [6, 6.07) is 0. The molecule has 0 bridgehead atoms. The van der Waals surface area contributed by atoms with Crippen molar-refractivity contribution in [3.8, 4) is 0 Å². The molecule has 4 aliphatic carbocycles. The monoisotopic (exact) mass is 274 g/mol. The van der Waals surface area contributed by atoms with Gasteiger partial charge in [0.2, 0.25) is 0 Å². The average Bonchev–Trinajstić information content (AvgIpc) is 2.81. The predicted molar refractivity (Wildman–Crippen MR) is 82.3 cm³/mol. The average molecular weight is 274 g/mol. The normalized spacial score (nSPS) is 57.9. The van der Waals surface area contributed by atoms with Crippen molar-refractivity contribution in [2.45, 2.75) is 71.3 Å². The topological polar surface area (TPSA) is 20.2 Å². The van der Waals surface area contributed by atoms with Crippen molar-refractivity contribution >= 4 is 0 Å². The minimum Gasteiger partial charge on any atom is -0.393 e. The molecule has 0 aromatic rings. The van der Waals surface area contributed by atoms with E-state index in [2.05, 4.69) is 26.0 Å². The molecule has 112 valence electrons. The van der Waals surface area contributed by atoms with Crippen molar-refractivity contribution in [1.82, 2.24) is 0 Å². The van der Waals surface area contributed by atoms with E-state index in [0.717, 1.165) is 36.5 Å². The summed E-state index contributed by atoms with van der Waals surface area (Å²) in [7, 11) is 0. The van der Waals surface area contributed by atoms with Gasteiger partial charge in [-0.15, -0.1) is 0 Å². The number of rotatable bonds is 0. The first-order valence-corrected chi connectivity index (χ1v) is 8.89. The molecule has 0 heterocycles. The Morgan fingerprint density at radius 3 is 2.70 bits per heavy atom. The second-order valence-corrected chi connectivity index (χ2v) is 8.77. The van der Waals surface area contributed by atoms with Crippen molar-refractivity contribution in [3.63, 3.8) is 0 Å². The molecule has 0 aromatic heterocycles. The van der Waals surface area contributed by atoms with Gasteiger partial charge < -0.3 is 5.11 Å². The summed E-state index contributed by atoms with van der Waals surface area (Å²) in [6.45, 7) is 5.09. The smallest absolute Gasteiger partial charge is 0.0543 e. The van der Waals surface area contributed by atoms with Crippen molar-refractivity contribution in [2.75, 3.05) is 0 Å². The van der Waals surface area contributed by atoms with Crippen LogP contribution in [0.3, 0.4) is 0 Å². The minimum atomic E-state index is -0.00775. The number of hydrogen-bond donors (Lipinski definition) is 1. The zero-order valence-electron chi connectivity index (χ0n) is 13.1. The van der Waals surface area contributed by atoms with E-state index in [9.17, 15) is 5.11 Å². The number of hydrogen-bond acceptors (Lipinski definition) is 1. The lowest BCUT2D eigenvalue weighted by molar-refractivity contribution is -0.116. The Labute approximate surface area is 123 Å². The van der Waals surface area contributed by atoms with Gasteiger partial charge in [0.1, 0.15) is 0 Å². The van der Waals surface area contributed by atoms with Crippen molar-refractivity contribution < 1.29 is 5.11 Å². The molecular weight excluding hydrogens is 244 g/mol. The standard InChI is InChI=1S/C19H30O/c1-18-9-3-4-16(18)15-6-5-13-12-14(20)7-11-19(13,2)17(15)8-10-18/h3,9,13-17,20H,4-8,10-12H2,1-2H3/t13?,14-,15?,16?,17?,18+,19+/m1/s1. The van der Waals surface area contributed by atoms with E-state index in [1.54, 1.807) is 0 Å². The lowest BCUT2D eigenvalue weighted by Gasteiger charge is -2.60. The lowest BCUT2D eigenvalue weighted by Crippen LogP contribution is -2.53. The Bertz CT molecular complexity index is 427. The van der Waals surface area contributed by atoms with Crippen LogP contribution >= 0.6 is 0 Å². The summed E-state index contributed by atoms with van der Waals surface area (Å²) in [5, 5.41) is 10.0. The zero-order chi connectivity index (χ0) is 14.0. The molecule has 4 unspecified atom stereocenters. The summed E-state index contributed by atoms with van der Waals surface area (Å²) < 4.78 is 0. The number of fused-ring (bicyclic) bond motifs is 5. The van der Waals surface area contributed by atoms with E-state index in [4.69, 9.17) is 0 Å². The second-order valence-electron chi connectivity index (χ2n) is 8.77. The molecule has 4 aliphatic rings. The Morgan fingerprint density at radius 1 is 1.00 bits per heavy atom. The minimum absolute atomic E-state index is 0.00775. The highest BCUT2D eigenvalue weighted by atomic mass is 16.3. The zero-order valence-corrected chi connectivity index (χ0v) is 13.1. The van der Waals surface area contributed by atoms with Crippen LogP contribution in [0.25, 0.3) is 0 Å². The molecule has 3 fully saturated rings. The van der Waals surface area contributed by atoms with Gasteiger partial charge >= 0.3 is 0 Å². The number of aliphatic hydroxyl groups excluding tert-OH is 1. The van der Waals surface area contributed by atoms with Crippen molar-refractivity contribution in [1.29, 1.82) is 0 Å². The van der Waals surface area contributed by atoms with Gasteiger partial charge in [-0.2, -0.15) is 0 Å². The molecule has 1 N–H and O–H groups in total. The summed E-state index contributed by atoms with van der Waals surface area (Å²) in [4.78, 5) is 0. The van der Waals surface area contributed by atoms with Gasteiger partial charge in [-0.05, 0) is 85.9 Å². The molecular formula is C19H30O. The number of aliphatic hydroxyl groups is 1. The van der Waals surface area contributed by atoms with Gasteiger partial charge in [-0.1, -0.05) is 26.0 Å². The molecule has 7 atom stereocenters.